The first-order valence-electron chi connectivity index (χ1n) is 10.6. The van der Waals surface area contributed by atoms with Crippen molar-refractivity contribution in [3.63, 3.8) is 0 Å². The largest absolute Gasteiger partial charge is 0.377 e. The maximum absolute atomic E-state index is 13.4. The van der Waals surface area contributed by atoms with Crippen molar-refractivity contribution in [3.05, 3.63) is 88.7 Å². The number of amides is 1. The zero-order valence-corrected chi connectivity index (χ0v) is 21.0. The van der Waals surface area contributed by atoms with E-state index in [1.165, 1.54) is 16.4 Å². The van der Waals surface area contributed by atoms with Crippen LogP contribution in [-0.4, -0.2) is 38.8 Å². The van der Waals surface area contributed by atoms with E-state index in [-0.39, 0.29) is 23.4 Å². The Hall–Kier alpha value is -2.94. The minimum absolute atomic E-state index is 0.0113. The highest BCUT2D eigenvalue weighted by molar-refractivity contribution is 7.89. The summed E-state index contributed by atoms with van der Waals surface area (Å²) >= 11 is 6.14. The molecule has 3 aromatic rings. The number of benzene rings is 3. The third-order valence-electron chi connectivity index (χ3n) is 5.26. The molecule has 0 saturated heterocycles. The number of sulfonamides is 1. The van der Waals surface area contributed by atoms with Crippen LogP contribution in [-0.2, 0) is 16.6 Å². The number of hydrogen-bond acceptors (Lipinski definition) is 4. The highest BCUT2D eigenvalue weighted by Gasteiger charge is 2.28. The molecule has 6 nitrogen and oxygen atoms in total. The van der Waals surface area contributed by atoms with Gasteiger partial charge in [-0.15, -0.1) is 0 Å². The molecule has 3 rings (SSSR count). The second-order valence-corrected chi connectivity index (χ2v) is 10.6. The number of hydrogen-bond donors (Lipinski definition) is 1. The number of carbonyl (C=O) groups is 1. The molecule has 0 heterocycles. The van der Waals surface area contributed by atoms with Gasteiger partial charge in [0.1, 0.15) is 5.82 Å². The molecule has 0 aromatic heterocycles. The lowest BCUT2D eigenvalue weighted by molar-refractivity contribution is 0.102. The zero-order valence-electron chi connectivity index (χ0n) is 19.4. The van der Waals surface area contributed by atoms with Crippen molar-refractivity contribution in [1.82, 2.24) is 4.31 Å². The van der Waals surface area contributed by atoms with Crippen LogP contribution in [0, 0.1) is 5.82 Å². The molecule has 0 atom stereocenters. The zero-order chi connectivity index (χ0) is 25.0. The Morgan fingerprint density at radius 3 is 2.26 bits per heavy atom. The molecule has 180 valence electrons. The monoisotopic (exact) mass is 503 g/mol. The van der Waals surface area contributed by atoms with Crippen molar-refractivity contribution >= 4 is 38.9 Å². The van der Waals surface area contributed by atoms with Gasteiger partial charge in [0.2, 0.25) is 10.0 Å². The molecule has 0 fully saturated rings. The molecule has 0 aliphatic heterocycles. The molecule has 0 aliphatic carbocycles. The Balaban J connectivity index is 1.97. The summed E-state index contributed by atoms with van der Waals surface area (Å²) in [5, 5.41) is 3.17. The standard InChI is InChI=1S/C25H27ClFN3O3S/c1-17(2)30(34(32,33)21-12-9-19(27)10-13-21)16-18-15-20(11-14-24(18)29(3)4)28-25(31)22-7-5-6-8-23(22)26/h5-15,17H,16H2,1-4H3,(H,28,31). The maximum Gasteiger partial charge on any atom is 0.257 e. The van der Waals surface area contributed by atoms with Gasteiger partial charge in [-0.2, -0.15) is 4.31 Å². The Labute approximate surface area is 205 Å². The highest BCUT2D eigenvalue weighted by Crippen LogP contribution is 2.29. The Bertz CT molecular complexity index is 1280. The summed E-state index contributed by atoms with van der Waals surface area (Å²) in [5.74, 6) is -0.874. The normalized spacial score (nSPS) is 11.6. The van der Waals surface area contributed by atoms with Crippen LogP contribution in [0.2, 0.25) is 5.02 Å². The molecule has 1 N–H and O–H groups in total. The van der Waals surface area contributed by atoms with Gasteiger partial charge in [-0.1, -0.05) is 23.7 Å². The van der Waals surface area contributed by atoms with Gasteiger partial charge >= 0.3 is 0 Å². The van der Waals surface area contributed by atoms with Crippen LogP contribution >= 0.6 is 11.6 Å². The highest BCUT2D eigenvalue weighted by atomic mass is 35.5. The summed E-state index contributed by atoms with van der Waals surface area (Å²) in [6.07, 6.45) is 0. The quantitative estimate of drug-likeness (QED) is 0.447. The van der Waals surface area contributed by atoms with Gasteiger partial charge in [-0.05, 0) is 74.0 Å². The predicted molar refractivity (Wildman–Crippen MR) is 134 cm³/mol. The van der Waals surface area contributed by atoms with Crippen LogP contribution < -0.4 is 10.2 Å². The minimum Gasteiger partial charge on any atom is -0.377 e. The van der Waals surface area contributed by atoms with E-state index in [0.29, 0.717) is 21.8 Å². The third kappa shape index (κ3) is 5.75. The minimum atomic E-state index is -3.90. The van der Waals surface area contributed by atoms with Crippen molar-refractivity contribution < 1.29 is 17.6 Å². The van der Waals surface area contributed by atoms with Crippen LogP contribution in [0.4, 0.5) is 15.8 Å². The van der Waals surface area contributed by atoms with Crippen molar-refractivity contribution in [3.8, 4) is 0 Å². The average Bonchev–Trinajstić information content (AvgIpc) is 2.77. The summed E-state index contributed by atoms with van der Waals surface area (Å²) in [6.45, 7) is 3.61. The third-order valence-corrected chi connectivity index (χ3v) is 7.63. The van der Waals surface area contributed by atoms with Gasteiger partial charge in [0, 0.05) is 38.1 Å². The summed E-state index contributed by atoms with van der Waals surface area (Å²) in [4.78, 5) is 14.6. The molecule has 0 bridgehead atoms. The van der Waals surface area contributed by atoms with Crippen LogP contribution in [0.5, 0.6) is 0 Å². The maximum atomic E-state index is 13.4. The van der Waals surface area contributed by atoms with Gasteiger partial charge in [0.05, 0.1) is 15.5 Å². The topological polar surface area (TPSA) is 69.7 Å². The lowest BCUT2D eigenvalue weighted by Crippen LogP contribution is -2.36. The first-order chi connectivity index (χ1) is 16.0. The molecular formula is C25H27ClFN3O3S. The Kier molecular flexibility index (Phi) is 7.97. The summed E-state index contributed by atoms with van der Waals surface area (Å²) in [6, 6.07) is 16.4. The summed E-state index contributed by atoms with van der Waals surface area (Å²) in [7, 11) is -0.187. The van der Waals surface area contributed by atoms with Crippen molar-refractivity contribution in [1.29, 1.82) is 0 Å². The number of halogens is 2. The molecule has 34 heavy (non-hydrogen) atoms. The lowest BCUT2D eigenvalue weighted by atomic mass is 10.1. The van der Waals surface area contributed by atoms with Gasteiger partial charge < -0.3 is 10.2 Å². The van der Waals surface area contributed by atoms with Crippen molar-refractivity contribution in [2.24, 2.45) is 0 Å². The van der Waals surface area contributed by atoms with E-state index in [2.05, 4.69) is 5.32 Å². The van der Waals surface area contributed by atoms with Gasteiger partial charge in [-0.3, -0.25) is 4.79 Å². The SMILES string of the molecule is CC(C)N(Cc1cc(NC(=O)c2ccccc2Cl)ccc1N(C)C)S(=O)(=O)c1ccc(F)cc1. The Morgan fingerprint density at radius 1 is 1.03 bits per heavy atom. The van der Waals surface area contributed by atoms with E-state index in [1.807, 2.05) is 25.1 Å². The predicted octanol–water partition coefficient (Wildman–Crippen LogP) is 5.40. The number of rotatable bonds is 8. The fourth-order valence-corrected chi connectivity index (χ4v) is 5.36. The molecule has 1 amide bonds. The van der Waals surface area contributed by atoms with Crippen molar-refractivity contribution in [2.75, 3.05) is 24.3 Å². The fourth-order valence-electron chi connectivity index (χ4n) is 3.52. The van der Waals surface area contributed by atoms with E-state index in [9.17, 15) is 17.6 Å². The van der Waals surface area contributed by atoms with Gasteiger partial charge in [-0.25, -0.2) is 12.8 Å². The van der Waals surface area contributed by atoms with Crippen LogP contribution in [0.1, 0.15) is 29.8 Å². The second kappa shape index (κ2) is 10.5. The molecular weight excluding hydrogens is 477 g/mol. The molecule has 0 aliphatic rings. The first-order valence-corrected chi connectivity index (χ1v) is 12.5. The number of carbonyl (C=O) groups excluding carboxylic acids is 1. The molecule has 0 spiro atoms. The smallest absolute Gasteiger partial charge is 0.257 e. The van der Waals surface area contributed by atoms with Crippen LogP contribution in [0.25, 0.3) is 0 Å². The van der Waals surface area contributed by atoms with E-state index in [1.54, 1.807) is 50.2 Å². The lowest BCUT2D eigenvalue weighted by Gasteiger charge is -2.28. The number of anilines is 2. The van der Waals surface area contributed by atoms with E-state index < -0.39 is 15.8 Å². The molecule has 0 saturated carbocycles. The van der Waals surface area contributed by atoms with E-state index in [0.717, 1.165) is 17.8 Å². The van der Waals surface area contributed by atoms with Crippen molar-refractivity contribution in [2.45, 2.75) is 31.3 Å². The van der Waals surface area contributed by atoms with E-state index >= 15 is 0 Å². The Morgan fingerprint density at radius 2 is 1.68 bits per heavy atom. The molecule has 0 unspecified atom stereocenters. The van der Waals surface area contributed by atoms with Crippen LogP contribution in [0.3, 0.4) is 0 Å². The molecule has 9 heteroatoms. The van der Waals surface area contributed by atoms with Crippen LogP contribution in [0.15, 0.2) is 71.6 Å². The van der Waals surface area contributed by atoms with Gasteiger partial charge in [0.15, 0.2) is 0 Å². The second-order valence-electron chi connectivity index (χ2n) is 8.27. The van der Waals surface area contributed by atoms with E-state index in [4.69, 9.17) is 11.6 Å². The number of nitrogens with zero attached hydrogens (tertiary/aromatic N) is 2. The molecule has 3 aromatic carbocycles. The average molecular weight is 504 g/mol. The first kappa shape index (κ1) is 25.7. The summed E-state index contributed by atoms with van der Waals surface area (Å²) < 4.78 is 41.4. The van der Waals surface area contributed by atoms with Gasteiger partial charge in [0.25, 0.3) is 5.91 Å². The number of nitrogens with one attached hydrogen (secondary N) is 1. The molecule has 0 radical (unpaired) electrons. The summed E-state index contributed by atoms with van der Waals surface area (Å²) in [5.41, 5.74) is 2.34. The fraction of sp³-hybridized carbons (Fsp3) is 0.240.